The summed E-state index contributed by atoms with van der Waals surface area (Å²) in [5.74, 6) is 0. The third kappa shape index (κ3) is 6.28. The topological polar surface area (TPSA) is 99.8 Å². The van der Waals surface area contributed by atoms with Crippen LogP contribution in [0.5, 0.6) is 0 Å². The first kappa shape index (κ1) is 11.6. The highest BCUT2D eigenvalue weighted by Gasteiger charge is 2.19. The fourth-order valence-corrected chi connectivity index (χ4v) is 1.11. The third-order valence-electron chi connectivity index (χ3n) is 0.814. The Kier molecular flexibility index (Phi) is 5.89. The van der Waals surface area contributed by atoms with Crippen LogP contribution in [0.2, 0.25) is 0 Å². The summed E-state index contributed by atoms with van der Waals surface area (Å²) in [5.41, 5.74) is 0. The lowest BCUT2D eigenvalue weighted by molar-refractivity contribution is 0.125. The molecule has 12 heavy (non-hydrogen) atoms. The molecular weight excluding hydrogens is 185 g/mol. The van der Waals surface area contributed by atoms with Gasteiger partial charge in [0.1, 0.15) is 0 Å². The Bertz CT molecular complexity index is 201. The van der Waals surface area contributed by atoms with Gasteiger partial charge in [0.25, 0.3) is 0 Å². The fourth-order valence-electron chi connectivity index (χ4n) is 0.400. The summed E-state index contributed by atoms with van der Waals surface area (Å²) in [5, 5.41) is 16.3. The maximum atomic E-state index is 10.7. The van der Waals surface area contributed by atoms with Crippen molar-refractivity contribution in [2.24, 2.45) is 0 Å². The Morgan fingerprint density at radius 2 is 2.00 bits per heavy atom. The molecule has 70 valence electrons. The second kappa shape index (κ2) is 6.12. The average Bonchev–Trinajstić information content (AvgIpc) is 2.01. The van der Waals surface area contributed by atoms with Crippen LogP contribution in [0.1, 0.15) is 6.42 Å². The first-order valence-electron chi connectivity index (χ1n) is 3.22. The molecule has 1 atom stereocenters. The van der Waals surface area contributed by atoms with Crippen LogP contribution in [0.15, 0.2) is 0 Å². The standard InChI is InChI=1S/C5H10NO5P/c6-2-1-4-10-12(8,9)11-5-3-7/h7H,1,3-5H2,(H,8,9). The molecule has 0 radical (unpaired) electrons. The smallest absolute Gasteiger partial charge is 0.394 e. The van der Waals surface area contributed by atoms with Crippen LogP contribution in [-0.4, -0.2) is 29.8 Å². The fraction of sp³-hybridized carbons (Fsp3) is 0.800. The van der Waals surface area contributed by atoms with E-state index in [1.54, 1.807) is 6.07 Å². The Labute approximate surface area is 70.0 Å². The number of nitrogens with zero attached hydrogens (tertiary/aromatic N) is 1. The molecule has 0 rings (SSSR count). The van der Waals surface area contributed by atoms with Crippen LogP contribution in [0, 0.1) is 11.3 Å². The monoisotopic (exact) mass is 195 g/mol. The number of phosphoric acid groups is 1. The molecule has 0 saturated carbocycles. The molecule has 0 spiro atoms. The summed E-state index contributed by atoms with van der Waals surface area (Å²) in [7, 11) is -4.05. The zero-order valence-electron chi connectivity index (χ0n) is 6.34. The van der Waals surface area contributed by atoms with Gasteiger partial charge in [-0.05, 0) is 0 Å². The second-order valence-electron chi connectivity index (χ2n) is 1.77. The summed E-state index contributed by atoms with van der Waals surface area (Å²) in [6.07, 6.45) is 0.0209. The molecule has 7 heteroatoms. The Morgan fingerprint density at radius 1 is 1.42 bits per heavy atom. The maximum Gasteiger partial charge on any atom is 0.472 e. The normalized spacial score (nSPS) is 15.1. The number of aliphatic hydroxyl groups is 1. The largest absolute Gasteiger partial charge is 0.472 e. The van der Waals surface area contributed by atoms with Gasteiger partial charge in [-0.3, -0.25) is 9.05 Å². The van der Waals surface area contributed by atoms with Crippen molar-refractivity contribution in [3.05, 3.63) is 0 Å². The van der Waals surface area contributed by atoms with Crippen LogP contribution in [0.4, 0.5) is 0 Å². The molecule has 0 aliphatic rings. The van der Waals surface area contributed by atoms with Crippen molar-refractivity contribution in [1.29, 1.82) is 5.26 Å². The first-order chi connectivity index (χ1) is 5.62. The van der Waals surface area contributed by atoms with Crippen molar-refractivity contribution in [3.63, 3.8) is 0 Å². The summed E-state index contributed by atoms with van der Waals surface area (Å²) in [6, 6.07) is 1.73. The van der Waals surface area contributed by atoms with E-state index in [9.17, 15) is 4.57 Å². The summed E-state index contributed by atoms with van der Waals surface area (Å²) >= 11 is 0. The average molecular weight is 195 g/mol. The van der Waals surface area contributed by atoms with E-state index in [1.807, 2.05) is 0 Å². The number of phosphoric ester groups is 1. The zero-order chi connectivity index (χ0) is 9.45. The molecule has 0 aromatic heterocycles. The molecule has 0 bridgehead atoms. The first-order valence-corrected chi connectivity index (χ1v) is 4.71. The minimum atomic E-state index is -4.05. The molecule has 0 aliphatic heterocycles. The van der Waals surface area contributed by atoms with E-state index in [1.165, 1.54) is 0 Å². The Balaban J connectivity index is 3.58. The van der Waals surface area contributed by atoms with Gasteiger partial charge in [0.05, 0.1) is 32.3 Å². The van der Waals surface area contributed by atoms with Gasteiger partial charge in [-0.1, -0.05) is 0 Å². The number of hydrogen-bond acceptors (Lipinski definition) is 5. The van der Waals surface area contributed by atoms with E-state index in [2.05, 4.69) is 9.05 Å². The highest BCUT2D eigenvalue weighted by atomic mass is 31.2. The predicted octanol–water partition coefficient (Wildman–Crippen LogP) is 0.0260. The van der Waals surface area contributed by atoms with Crippen LogP contribution in [0.25, 0.3) is 0 Å². The van der Waals surface area contributed by atoms with Crippen LogP contribution in [0.3, 0.4) is 0 Å². The van der Waals surface area contributed by atoms with Gasteiger partial charge >= 0.3 is 7.82 Å². The molecule has 0 amide bonds. The van der Waals surface area contributed by atoms with Gasteiger partial charge in [0.15, 0.2) is 0 Å². The van der Waals surface area contributed by atoms with Crippen molar-refractivity contribution in [1.82, 2.24) is 0 Å². The summed E-state index contributed by atoms with van der Waals surface area (Å²) in [4.78, 5) is 8.76. The highest BCUT2D eigenvalue weighted by Crippen LogP contribution is 2.42. The van der Waals surface area contributed by atoms with Crippen LogP contribution >= 0.6 is 7.82 Å². The SMILES string of the molecule is N#CCCOP(=O)(O)OCCO. The number of nitriles is 1. The molecular formula is C5H10NO5P. The molecule has 0 heterocycles. The van der Waals surface area contributed by atoms with Gasteiger partial charge in [-0.15, -0.1) is 0 Å². The Hall–Kier alpha value is -0.440. The van der Waals surface area contributed by atoms with E-state index in [0.717, 1.165) is 0 Å². The van der Waals surface area contributed by atoms with Gasteiger partial charge in [-0.2, -0.15) is 5.26 Å². The number of hydrogen-bond donors (Lipinski definition) is 2. The van der Waals surface area contributed by atoms with E-state index >= 15 is 0 Å². The third-order valence-corrected chi connectivity index (χ3v) is 1.83. The number of rotatable bonds is 6. The Morgan fingerprint density at radius 3 is 2.50 bits per heavy atom. The highest BCUT2D eigenvalue weighted by molar-refractivity contribution is 7.47. The van der Waals surface area contributed by atoms with Crippen LogP contribution < -0.4 is 0 Å². The van der Waals surface area contributed by atoms with Gasteiger partial charge in [-0.25, -0.2) is 4.57 Å². The molecule has 0 aromatic rings. The quantitative estimate of drug-likeness (QED) is 0.458. The molecule has 0 aliphatic carbocycles. The molecule has 0 saturated heterocycles. The van der Waals surface area contributed by atoms with Crippen molar-refractivity contribution in [2.45, 2.75) is 6.42 Å². The van der Waals surface area contributed by atoms with Gasteiger partial charge in [0.2, 0.25) is 0 Å². The van der Waals surface area contributed by atoms with Crippen molar-refractivity contribution in [3.8, 4) is 6.07 Å². The molecule has 1 unspecified atom stereocenters. The van der Waals surface area contributed by atoms with E-state index in [-0.39, 0.29) is 26.2 Å². The van der Waals surface area contributed by atoms with E-state index < -0.39 is 7.82 Å². The lowest BCUT2D eigenvalue weighted by Crippen LogP contribution is -2.00. The van der Waals surface area contributed by atoms with Gasteiger partial charge in [0, 0.05) is 0 Å². The molecule has 0 aromatic carbocycles. The van der Waals surface area contributed by atoms with Crippen molar-refractivity contribution < 1.29 is 23.6 Å². The second-order valence-corrected chi connectivity index (χ2v) is 3.22. The van der Waals surface area contributed by atoms with E-state index in [4.69, 9.17) is 15.3 Å². The molecule has 6 nitrogen and oxygen atoms in total. The predicted molar refractivity (Wildman–Crippen MR) is 39.0 cm³/mol. The van der Waals surface area contributed by atoms with E-state index in [0.29, 0.717) is 0 Å². The summed E-state index contributed by atoms with van der Waals surface area (Å²) < 4.78 is 19.3. The molecule has 2 N–H and O–H groups in total. The number of aliphatic hydroxyl groups excluding tert-OH is 1. The lowest BCUT2D eigenvalue weighted by Gasteiger charge is -2.09. The van der Waals surface area contributed by atoms with Gasteiger partial charge < -0.3 is 10.00 Å². The minimum absolute atomic E-state index is 0.0209. The minimum Gasteiger partial charge on any atom is -0.394 e. The molecule has 0 fully saturated rings. The summed E-state index contributed by atoms with van der Waals surface area (Å²) in [6.45, 7) is -0.776. The van der Waals surface area contributed by atoms with Crippen molar-refractivity contribution in [2.75, 3.05) is 19.8 Å². The zero-order valence-corrected chi connectivity index (χ0v) is 7.24. The van der Waals surface area contributed by atoms with Crippen LogP contribution in [-0.2, 0) is 13.6 Å². The van der Waals surface area contributed by atoms with Crippen molar-refractivity contribution >= 4 is 7.82 Å². The lowest BCUT2D eigenvalue weighted by atomic mass is 10.5. The maximum absolute atomic E-state index is 10.7.